The van der Waals surface area contributed by atoms with Gasteiger partial charge in [0.1, 0.15) is 6.67 Å². The van der Waals surface area contributed by atoms with E-state index in [-0.39, 0.29) is 6.67 Å². The third kappa shape index (κ3) is 1.58. The van der Waals surface area contributed by atoms with Crippen LogP contribution in [-0.2, 0) is 9.53 Å². The smallest absolute Gasteiger partial charge is 0.213 e. The average molecular weight is 199 g/mol. The Bertz CT molecular complexity index is 250. The molecule has 0 spiro atoms. The molecule has 2 rings (SSSR count). The minimum atomic E-state index is -0.884. The number of carbonyl (C=O) groups excluding carboxylic acids is 1. The molecule has 6 heteroatoms. The van der Waals surface area contributed by atoms with Gasteiger partial charge < -0.3 is 14.7 Å². The number of ether oxygens (including phenoxy) is 1. The monoisotopic (exact) mass is 199 g/mol. The van der Waals surface area contributed by atoms with Gasteiger partial charge in [-0.3, -0.25) is 9.69 Å². The van der Waals surface area contributed by atoms with Gasteiger partial charge in [-0.25, -0.2) is 4.99 Å². The van der Waals surface area contributed by atoms with Crippen LogP contribution in [0.25, 0.3) is 0 Å². The molecule has 1 atom stereocenters. The molecule has 1 saturated heterocycles. The average Bonchev–Trinajstić information content (AvgIpc) is 2.61. The van der Waals surface area contributed by atoms with E-state index < -0.39 is 6.23 Å². The van der Waals surface area contributed by atoms with Crippen molar-refractivity contribution in [1.29, 1.82) is 0 Å². The third-order valence-electron chi connectivity index (χ3n) is 2.41. The van der Waals surface area contributed by atoms with E-state index in [0.717, 1.165) is 13.1 Å². The van der Waals surface area contributed by atoms with Crippen LogP contribution in [0.3, 0.4) is 0 Å². The van der Waals surface area contributed by atoms with E-state index in [9.17, 15) is 9.90 Å². The third-order valence-corrected chi connectivity index (χ3v) is 2.41. The molecule has 78 valence electrons. The lowest BCUT2D eigenvalue weighted by Crippen LogP contribution is -2.47. The van der Waals surface area contributed by atoms with Crippen LogP contribution in [0.15, 0.2) is 4.99 Å². The van der Waals surface area contributed by atoms with Crippen molar-refractivity contribution in [3.8, 4) is 0 Å². The second-order valence-electron chi connectivity index (χ2n) is 3.25. The van der Waals surface area contributed by atoms with Gasteiger partial charge in [0.2, 0.25) is 6.41 Å². The summed E-state index contributed by atoms with van der Waals surface area (Å²) < 4.78 is 5.19. The van der Waals surface area contributed by atoms with E-state index >= 15 is 0 Å². The van der Waals surface area contributed by atoms with E-state index in [0.29, 0.717) is 25.5 Å². The maximum Gasteiger partial charge on any atom is 0.213 e. The molecule has 0 saturated carbocycles. The summed E-state index contributed by atoms with van der Waals surface area (Å²) in [6.45, 7) is 2.99. The number of amides is 1. The Labute approximate surface area is 81.8 Å². The first-order valence-electron chi connectivity index (χ1n) is 4.59. The summed E-state index contributed by atoms with van der Waals surface area (Å²) in [5.41, 5.74) is 0. The fourth-order valence-electron chi connectivity index (χ4n) is 1.61. The molecule has 2 heterocycles. The molecule has 1 amide bonds. The number of aliphatic imine (C=N–C) groups is 1. The topological polar surface area (TPSA) is 65.4 Å². The van der Waals surface area contributed by atoms with E-state index in [1.165, 1.54) is 4.90 Å². The SMILES string of the molecule is O=CN1CN=C(N2CCOCC2)C1O. The van der Waals surface area contributed by atoms with Gasteiger partial charge in [-0.15, -0.1) is 0 Å². The normalized spacial score (nSPS) is 27.8. The van der Waals surface area contributed by atoms with E-state index in [1.807, 2.05) is 4.90 Å². The van der Waals surface area contributed by atoms with E-state index in [2.05, 4.69) is 4.99 Å². The first-order valence-corrected chi connectivity index (χ1v) is 4.59. The van der Waals surface area contributed by atoms with Gasteiger partial charge in [-0.2, -0.15) is 0 Å². The fourth-order valence-corrected chi connectivity index (χ4v) is 1.61. The van der Waals surface area contributed by atoms with Crippen LogP contribution < -0.4 is 0 Å². The molecule has 1 fully saturated rings. The van der Waals surface area contributed by atoms with Crippen LogP contribution >= 0.6 is 0 Å². The molecule has 2 aliphatic rings. The lowest BCUT2D eigenvalue weighted by atomic mass is 10.3. The number of amidine groups is 1. The number of morpholine rings is 1. The summed E-state index contributed by atoms with van der Waals surface area (Å²) in [5.74, 6) is 0.584. The highest BCUT2D eigenvalue weighted by molar-refractivity contribution is 5.89. The molecule has 2 aliphatic heterocycles. The molecule has 0 aromatic carbocycles. The molecule has 0 radical (unpaired) electrons. The van der Waals surface area contributed by atoms with Gasteiger partial charge in [0, 0.05) is 13.1 Å². The minimum absolute atomic E-state index is 0.247. The zero-order chi connectivity index (χ0) is 9.97. The van der Waals surface area contributed by atoms with Gasteiger partial charge in [0.05, 0.1) is 13.2 Å². The highest BCUT2D eigenvalue weighted by Gasteiger charge is 2.30. The van der Waals surface area contributed by atoms with Crippen molar-refractivity contribution in [2.24, 2.45) is 4.99 Å². The molecule has 1 N–H and O–H groups in total. The summed E-state index contributed by atoms with van der Waals surface area (Å²) in [6.07, 6.45) is -0.271. The number of nitrogens with zero attached hydrogens (tertiary/aromatic N) is 3. The fraction of sp³-hybridized carbons (Fsp3) is 0.750. The summed E-state index contributed by atoms with van der Waals surface area (Å²) in [7, 11) is 0. The second kappa shape index (κ2) is 3.93. The lowest BCUT2D eigenvalue weighted by Gasteiger charge is -2.30. The quantitative estimate of drug-likeness (QED) is 0.520. The molecule has 0 bridgehead atoms. The number of hydrogen-bond donors (Lipinski definition) is 1. The van der Waals surface area contributed by atoms with Crippen molar-refractivity contribution in [3.05, 3.63) is 0 Å². The van der Waals surface area contributed by atoms with Crippen molar-refractivity contribution in [2.75, 3.05) is 33.0 Å². The highest BCUT2D eigenvalue weighted by Crippen LogP contribution is 2.11. The van der Waals surface area contributed by atoms with Gasteiger partial charge in [0.25, 0.3) is 0 Å². The lowest BCUT2D eigenvalue weighted by molar-refractivity contribution is -0.122. The molecule has 6 nitrogen and oxygen atoms in total. The van der Waals surface area contributed by atoms with Crippen LogP contribution in [0.4, 0.5) is 0 Å². The number of rotatable bonds is 1. The first kappa shape index (κ1) is 9.42. The summed E-state index contributed by atoms with van der Waals surface area (Å²) in [4.78, 5) is 17.8. The Morgan fingerprint density at radius 3 is 2.79 bits per heavy atom. The Balaban J connectivity index is 2.00. The van der Waals surface area contributed by atoms with E-state index in [4.69, 9.17) is 4.74 Å². The van der Waals surface area contributed by atoms with Crippen LogP contribution in [0, 0.1) is 0 Å². The predicted molar refractivity (Wildman–Crippen MR) is 48.6 cm³/mol. The Kier molecular flexibility index (Phi) is 2.64. The van der Waals surface area contributed by atoms with Gasteiger partial charge in [-0.05, 0) is 0 Å². The summed E-state index contributed by atoms with van der Waals surface area (Å²) in [5, 5.41) is 9.68. The molecular formula is C8H13N3O3. The minimum Gasteiger partial charge on any atom is -0.378 e. The van der Waals surface area contributed by atoms with Crippen LogP contribution in [0.5, 0.6) is 0 Å². The molecule has 0 aromatic rings. The zero-order valence-corrected chi connectivity index (χ0v) is 7.80. The Morgan fingerprint density at radius 1 is 1.50 bits per heavy atom. The van der Waals surface area contributed by atoms with Crippen LogP contribution in [0.1, 0.15) is 0 Å². The number of aliphatic hydroxyl groups excluding tert-OH is 1. The van der Waals surface area contributed by atoms with Crippen molar-refractivity contribution >= 4 is 12.2 Å². The first-order chi connectivity index (χ1) is 6.83. The van der Waals surface area contributed by atoms with Crippen molar-refractivity contribution in [3.63, 3.8) is 0 Å². The number of carbonyl (C=O) groups is 1. The van der Waals surface area contributed by atoms with Crippen molar-refractivity contribution in [2.45, 2.75) is 6.23 Å². The Hall–Kier alpha value is -1.14. The number of hydrogen-bond acceptors (Lipinski definition) is 5. The Morgan fingerprint density at radius 2 is 2.21 bits per heavy atom. The van der Waals surface area contributed by atoms with Crippen molar-refractivity contribution in [1.82, 2.24) is 9.80 Å². The number of aliphatic hydroxyl groups is 1. The molecular weight excluding hydrogens is 186 g/mol. The van der Waals surface area contributed by atoms with Gasteiger partial charge >= 0.3 is 0 Å². The standard InChI is InChI=1S/C8H13N3O3/c12-6-11-5-9-7(8(11)13)10-1-3-14-4-2-10/h6,8,13H,1-5H2. The van der Waals surface area contributed by atoms with Gasteiger partial charge in [-0.1, -0.05) is 0 Å². The molecule has 14 heavy (non-hydrogen) atoms. The zero-order valence-electron chi connectivity index (χ0n) is 7.80. The summed E-state index contributed by atoms with van der Waals surface area (Å²) >= 11 is 0. The highest BCUT2D eigenvalue weighted by atomic mass is 16.5. The van der Waals surface area contributed by atoms with Crippen LogP contribution in [0.2, 0.25) is 0 Å². The van der Waals surface area contributed by atoms with E-state index in [1.54, 1.807) is 0 Å². The maximum atomic E-state index is 10.5. The molecule has 0 aliphatic carbocycles. The maximum absolute atomic E-state index is 10.5. The summed E-state index contributed by atoms with van der Waals surface area (Å²) in [6, 6.07) is 0. The largest absolute Gasteiger partial charge is 0.378 e. The van der Waals surface area contributed by atoms with Crippen LogP contribution in [-0.4, -0.2) is 66.4 Å². The van der Waals surface area contributed by atoms with Crippen molar-refractivity contribution < 1.29 is 14.6 Å². The predicted octanol–water partition coefficient (Wildman–Crippen LogP) is -1.53. The van der Waals surface area contributed by atoms with Gasteiger partial charge in [0.15, 0.2) is 12.1 Å². The molecule has 0 aromatic heterocycles. The second-order valence-corrected chi connectivity index (χ2v) is 3.25. The molecule has 1 unspecified atom stereocenters.